The Morgan fingerprint density at radius 3 is 2.85 bits per heavy atom. The molecular formula is C16H20N2OS. The van der Waals surface area contributed by atoms with Gasteiger partial charge in [-0.15, -0.1) is 11.3 Å². The first-order valence-corrected chi connectivity index (χ1v) is 7.91. The van der Waals surface area contributed by atoms with Crippen LogP contribution >= 0.6 is 11.3 Å². The maximum absolute atomic E-state index is 10.2. The van der Waals surface area contributed by atoms with E-state index in [4.69, 9.17) is 0 Å². The number of thiazole rings is 1. The largest absolute Gasteiger partial charge is 0.508 e. The van der Waals surface area contributed by atoms with E-state index in [2.05, 4.69) is 29.5 Å². The Morgan fingerprint density at radius 1 is 1.35 bits per heavy atom. The highest BCUT2D eigenvalue weighted by Gasteiger charge is 2.31. The van der Waals surface area contributed by atoms with Gasteiger partial charge in [0.05, 0.1) is 0 Å². The molecule has 1 heterocycles. The van der Waals surface area contributed by atoms with Crippen LogP contribution in [0.2, 0.25) is 0 Å². The fourth-order valence-corrected chi connectivity index (χ4v) is 3.95. The first-order valence-electron chi connectivity index (χ1n) is 7.03. The summed E-state index contributed by atoms with van der Waals surface area (Å²) in [5.74, 6) is 0.912. The van der Waals surface area contributed by atoms with Gasteiger partial charge >= 0.3 is 0 Å². The SMILES string of the molecule is Cc1csc(CNC2CC(C)c3c(C)ccc(O)c32)n1. The van der Waals surface area contributed by atoms with E-state index in [0.29, 0.717) is 11.7 Å². The number of nitrogens with zero attached hydrogens (tertiary/aromatic N) is 1. The van der Waals surface area contributed by atoms with E-state index in [1.165, 1.54) is 11.1 Å². The number of benzene rings is 1. The molecule has 0 fully saturated rings. The lowest BCUT2D eigenvalue weighted by molar-refractivity contribution is 0.445. The molecule has 0 spiro atoms. The zero-order valence-corrected chi connectivity index (χ0v) is 12.9. The number of nitrogens with one attached hydrogen (secondary N) is 1. The number of phenolic OH excluding ortho intramolecular Hbond substituents is 1. The molecule has 106 valence electrons. The number of aromatic nitrogens is 1. The molecule has 2 unspecified atom stereocenters. The van der Waals surface area contributed by atoms with Gasteiger partial charge in [-0.05, 0) is 43.4 Å². The van der Waals surface area contributed by atoms with Crippen molar-refractivity contribution in [2.45, 2.75) is 45.7 Å². The molecule has 3 nitrogen and oxygen atoms in total. The van der Waals surface area contributed by atoms with Crippen LogP contribution < -0.4 is 5.32 Å². The quantitative estimate of drug-likeness (QED) is 0.903. The minimum absolute atomic E-state index is 0.226. The van der Waals surface area contributed by atoms with Crippen molar-refractivity contribution in [3.63, 3.8) is 0 Å². The molecule has 2 atom stereocenters. The van der Waals surface area contributed by atoms with Crippen LogP contribution in [-0.2, 0) is 6.54 Å². The lowest BCUT2D eigenvalue weighted by atomic mass is 9.97. The standard InChI is InChI=1S/C16H20N2OS/c1-9-4-5-13(19)16-12(6-10(2)15(9)16)17-7-14-18-11(3)8-20-14/h4-5,8,10,12,17,19H,6-7H2,1-3H3. The van der Waals surface area contributed by atoms with Gasteiger partial charge < -0.3 is 10.4 Å². The average molecular weight is 288 g/mol. The van der Waals surface area contributed by atoms with Crippen molar-refractivity contribution in [3.8, 4) is 5.75 Å². The maximum atomic E-state index is 10.2. The summed E-state index contributed by atoms with van der Waals surface area (Å²) in [6, 6.07) is 4.05. The van der Waals surface area contributed by atoms with E-state index in [-0.39, 0.29) is 6.04 Å². The fraction of sp³-hybridized carbons (Fsp3) is 0.438. The third kappa shape index (κ3) is 2.34. The van der Waals surface area contributed by atoms with Gasteiger partial charge in [-0.2, -0.15) is 0 Å². The molecule has 4 heteroatoms. The molecule has 2 N–H and O–H groups in total. The van der Waals surface area contributed by atoms with E-state index in [1.54, 1.807) is 11.3 Å². The Bertz CT molecular complexity index is 635. The second-order valence-corrected chi connectivity index (χ2v) is 6.62. The predicted octanol–water partition coefficient (Wildman–Crippen LogP) is 3.80. The fourth-order valence-electron chi connectivity index (χ4n) is 3.22. The van der Waals surface area contributed by atoms with E-state index in [9.17, 15) is 5.11 Å². The van der Waals surface area contributed by atoms with E-state index in [0.717, 1.165) is 29.2 Å². The maximum Gasteiger partial charge on any atom is 0.120 e. The molecule has 1 aliphatic rings. The van der Waals surface area contributed by atoms with E-state index >= 15 is 0 Å². The van der Waals surface area contributed by atoms with Gasteiger partial charge in [0.1, 0.15) is 10.8 Å². The minimum Gasteiger partial charge on any atom is -0.508 e. The number of aryl methyl sites for hydroxylation is 2. The Balaban J connectivity index is 1.82. The summed E-state index contributed by atoms with van der Waals surface area (Å²) < 4.78 is 0. The van der Waals surface area contributed by atoms with Crippen LogP contribution in [0.15, 0.2) is 17.5 Å². The number of hydrogen-bond acceptors (Lipinski definition) is 4. The van der Waals surface area contributed by atoms with Crippen LogP contribution in [-0.4, -0.2) is 10.1 Å². The highest BCUT2D eigenvalue weighted by atomic mass is 32.1. The molecule has 1 aromatic heterocycles. The van der Waals surface area contributed by atoms with Crippen molar-refractivity contribution in [2.24, 2.45) is 0 Å². The highest BCUT2D eigenvalue weighted by molar-refractivity contribution is 7.09. The van der Waals surface area contributed by atoms with Gasteiger partial charge in [0.15, 0.2) is 0 Å². The lowest BCUT2D eigenvalue weighted by Crippen LogP contribution is -2.18. The molecular weight excluding hydrogens is 268 g/mol. The zero-order chi connectivity index (χ0) is 14.3. The first kappa shape index (κ1) is 13.6. The summed E-state index contributed by atoms with van der Waals surface area (Å²) in [5, 5.41) is 16.9. The summed E-state index contributed by atoms with van der Waals surface area (Å²) in [7, 11) is 0. The molecule has 1 aromatic carbocycles. The van der Waals surface area contributed by atoms with Crippen molar-refractivity contribution >= 4 is 11.3 Å². The monoisotopic (exact) mass is 288 g/mol. The number of phenols is 1. The number of rotatable bonds is 3. The van der Waals surface area contributed by atoms with Gasteiger partial charge in [-0.25, -0.2) is 4.98 Å². The minimum atomic E-state index is 0.226. The van der Waals surface area contributed by atoms with Crippen LogP contribution in [0.5, 0.6) is 5.75 Å². The molecule has 0 radical (unpaired) electrons. The molecule has 2 aromatic rings. The summed E-state index contributed by atoms with van der Waals surface area (Å²) in [4.78, 5) is 4.48. The molecule has 0 amide bonds. The van der Waals surface area contributed by atoms with Crippen molar-refractivity contribution in [2.75, 3.05) is 0 Å². The Morgan fingerprint density at radius 2 is 2.15 bits per heavy atom. The smallest absolute Gasteiger partial charge is 0.120 e. The highest BCUT2D eigenvalue weighted by Crippen LogP contribution is 2.45. The summed E-state index contributed by atoms with van der Waals surface area (Å²) in [6.45, 7) is 7.15. The van der Waals surface area contributed by atoms with Crippen LogP contribution in [0.1, 0.15) is 52.7 Å². The number of aromatic hydroxyl groups is 1. The molecule has 0 saturated carbocycles. The summed E-state index contributed by atoms with van der Waals surface area (Å²) >= 11 is 1.69. The molecule has 1 aliphatic carbocycles. The van der Waals surface area contributed by atoms with Crippen LogP contribution in [0.3, 0.4) is 0 Å². The van der Waals surface area contributed by atoms with Crippen LogP contribution in [0.25, 0.3) is 0 Å². The number of fused-ring (bicyclic) bond motifs is 1. The van der Waals surface area contributed by atoms with Gasteiger partial charge in [0.2, 0.25) is 0 Å². The van der Waals surface area contributed by atoms with Gasteiger partial charge in [-0.3, -0.25) is 0 Å². The first-order chi connectivity index (χ1) is 9.56. The Labute approximate surface area is 123 Å². The molecule has 20 heavy (non-hydrogen) atoms. The molecule has 0 saturated heterocycles. The van der Waals surface area contributed by atoms with Gasteiger partial charge in [0, 0.05) is 29.2 Å². The van der Waals surface area contributed by atoms with Crippen molar-refractivity contribution in [1.29, 1.82) is 0 Å². The second-order valence-electron chi connectivity index (χ2n) is 5.68. The summed E-state index contributed by atoms with van der Waals surface area (Å²) in [5.41, 5.74) is 4.76. The molecule has 3 rings (SSSR count). The average Bonchev–Trinajstić information content (AvgIpc) is 2.96. The van der Waals surface area contributed by atoms with Crippen molar-refractivity contribution in [3.05, 3.63) is 44.9 Å². The zero-order valence-electron chi connectivity index (χ0n) is 12.1. The topological polar surface area (TPSA) is 45.1 Å². The van der Waals surface area contributed by atoms with Crippen molar-refractivity contribution < 1.29 is 5.11 Å². The van der Waals surface area contributed by atoms with Gasteiger partial charge in [0.25, 0.3) is 0 Å². The van der Waals surface area contributed by atoms with Gasteiger partial charge in [-0.1, -0.05) is 13.0 Å². The third-order valence-electron chi connectivity index (χ3n) is 4.08. The normalized spacial score (nSPS) is 21.1. The Hall–Kier alpha value is -1.39. The summed E-state index contributed by atoms with van der Waals surface area (Å²) in [6.07, 6.45) is 1.04. The third-order valence-corrected chi connectivity index (χ3v) is 5.05. The van der Waals surface area contributed by atoms with E-state index < -0.39 is 0 Å². The second kappa shape index (κ2) is 5.19. The molecule has 0 bridgehead atoms. The number of hydrogen-bond donors (Lipinski definition) is 2. The van der Waals surface area contributed by atoms with E-state index in [1.807, 2.05) is 19.1 Å². The van der Waals surface area contributed by atoms with Crippen LogP contribution in [0.4, 0.5) is 0 Å². The Kier molecular flexibility index (Phi) is 3.52. The van der Waals surface area contributed by atoms with Crippen LogP contribution in [0, 0.1) is 13.8 Å². The lowest BCUT2D eigenvalue weighted by Gasteiger charge is -2.15. The predicted molar refractivity (Wildman–Crippen MR) is 82.3 cm³/mol. The molecule has 0 aliphatic heterocycles. The van der Waals surface area contributed by atoms with Crippen molar-refractivity contribution in [1.82, 2.24) is 10.3 Å².